The quantitative estimate of drug-likeness (QED) is 0.282. The van der Waals surface area contributed by atoms with Crippen molar-refractivity contribution in [2.75, 3.05) is 19.6 Å². The Labute approximate surface area is 231 Å². The number of nitrogens with zero attached hydrogens (tertiary/aromatic N) is 3. The van der Waals surface area contributed by atoms with Crippen molar-refractivity contribution in [2.24, 2.45) is 5.92 Å². The second-order valence-electron chi connectivity index (χ2n) is 10.9. The first-order valence-corrected chi connectivity index (χ1v) is 14.5. The maximum atomic E-state index is 12.8. The van der Waals surface area contributed by atoms with Gasteiger partial charge < -0.3 is 16.0 Å². The van der Waals surface area contributed by atoms with E-state index in [1.807, 2.05) is 13.0 Å². The summed E-state index contributed by atoms with van der Waals surface area (Å²) < 4.78 is 0. The van der Waals surface area contributed by atoms with E-state index in [4.69, 9.17) is 0 Å². The summed E-state index contributed by atoms with van der Waals surface area (Å²) in [6.45, 7) is 13.0. The minimum atomic E-state index is -0.611. The van der Waals surface area contributed by atoms with Crippen LogP contribution in [0.5, 0.6) is 0 Å². The van der Waals surface area contributed by atoms with Crippen molar-refractivity contribution in [3.05, 3.63) is 82.2 Å². The van der Waals surface area contributed by atoms with Crippen molar-refractivity contribution in [3.63, 3.8) is 0 Å². The fourth-order valence-electron chi connectivity index (χ4n) is 6.21. The molecule has 5 rings (SSSR count). The zero-order valence-corrected chi connectivity index (χ0v) is 23.4. The van der Waals surface area contributed by atoms with Crippen LogP contribution in [-0.4, -0.2) is 52.2 Å². The number of fused-ring (bicyclic) bond motifs is 2. The summed E-state index contributed by atoms with van der Waals surface area (Å²) >= 11 is 0. The molecule has 39 heavy (non-hydrogen) atoms. The Morgan fingerprint density at radius 1 is 1.03 bits per heavy atom. The first kappa shape index (κ1) is 27.1. The number of aromatic nitrogens is 4. The molecule has 4 N–H and O–H groups in total. The van der Waals surface area contributed by atoms with Crippen molar-refractivity contribution in [1.82, 2.24) is 36.6 Å². The number of aryl methyl sites for hydroxylation is 2. The van der Waals surface area contributed by atoms with Gasteiger partial charge in [0, 0.05) is 30.4 Å². The molecule has 0 aliphatic heterocycles. The van der Waals surface area contributed by atoms with E-state index in [1.54, 1.807) is 0 Å². The molecule has 0 radical (unpaired) electrons. The third-order valence-corrected chi connectivity index (χ3v) is 8.24. The first-order valence-electron chi connectivity index (χ1n) is 14.5. The maximum Gasteiger partial charge on any atom is 0.251 e. The number of nitrogens with one attached hydrogen (secondary N) is 4. The minimum Gasteiger partial charge on any atom is -0.385 e. The molecule has 2 aliphatic rings. The van der Waals surface area contributed by atoms with Gasteiger partial charge >= 0.3 is 0 Å². The first-order chi connectivity index (χ1) is 19.0. The number of benzene rings is 2. The van der Waals surface area contributed by atoms with Crippen LogP contribution in [-0.2, 0) is 18.3 Å². The molecule has 2 aliphatic carbocycles. The smallest absolute Gasteiger partial charge is 0.251 e. The Morgan fingerprint density at radius 3 is 2.31 bits per heavy atom. The average Bonchev–Trinajstić information content (AvgIpc) is 3.68. The standard InChI is InChI=1S/C31H41N7O/c1-5-16-34-20(4)22-12-14-26-23(17-22)10-11-24-18-25(29(39)33-7-3)13-15-27(24)31(26,30-35-37-38-36-30)19-28(32-6-2)21-8-9-21/h12-15,17-18,21,28,32,34H,4-11,16,19H2,1-3H3,(H,33,39)(H,35,36,37,38). The van der Waals surface area contributed by atoms with Gasteiger partial charge in [-0.15, -0.1) is 10.2 Å². The van der Waals surface area contributed by atoms with Crippen LogP contribution in [0, 0.1) is 5.92 Å². The number of carbonyl (C=O) groups is 1. The normalized spacial score (nSPS) is 18.9. The molecular formula is C31H41N7O. The fraction of sp³-hybridized carbons (Fsp3) is 0.484. The van der Waals surface area contributed by atoms with Crippen LogP contribution in [0.25, 0.3) is 5.70 Å². The van der Waals surface area contributed by atoms with Crippen LogP contribution in [0.3, 0.4) is 0 Å². The van der Waals surface area contributed by atoms with Gasteiger partial charge in [-0.05, 0) is 104 Å². The molecular weight excluding hydrogens is 486 g/mol. The van der Waals surface area contributed by atoms with Gasteiger partial charge in [-0.25, -0.2) is 0 Å². The highest BCUT2D eigenvalue weighted by Gasteiger charge is 2.48. The Morgan fingerprint density at radius 2 is 1.72 bits per heavy atom. The Hall–Kier alpha value is -3.52. The van der Waals surface area contributed by atoms with Crippen molar-refractivity contribution >= 4 is 11.6 Å². The summed E-state index contributed by atoms with van der Waals surface area (Å²) in [7, 11) is 0. The summed E-state index contributed by atoms with van der Waals surface area (Å²) in [5.41, 5.74) is 6.91. The molecule has 8 heteroatoms. The van der Waals surface area contributed by atoms with E-state index < -0.39 is 5.41 Å². The Balaban J connectivity index is 1.71. The number of amides is 1. The van der Waals surface area contributed by atoms with Gasteiger partial charge in [-0.2, -0.15) is 5.21 Å². The lowest BCUT2D eigenvalue weighted by Crippen LogP contribution is -2.42. The average molecular weight is 528 g/mol. The van der Waals surface area contributed by atoms with Crippen LogP contribution >= 0.6 is 0 Å². The number of tetrazole rings is 1. The zero-order chi connectivity index (χ0) is 27.4. The van der Waals surface area contributed by atoms with E-state index in [2.05, 4.69) is 87.3 Å². The molecule has 3 aromatic rings. The van der Waals surface area contributed by atoms with E-state index in [9.17, 15) is 4.79 Å². The number of carbonyl (C=O) groups excluding carboxylic acids is 1. The summed E-state index contributed by atoms with van der Waals surface area (Å²) in [6.07, 6.45) is 6.00. The van der Waals surface area contributed by atoms with Gasteiger partial charge in [-0.1, -0.05) is 43.8 Å². The van der Waals surface area contributed by atoms with Gasteiger partial charge in [0.05, 0.1) is 5.41 Å². The van der Waals surface area contributed by atoms with Gasteiger partial charge in [0.1, 0.15) is 0 Å². The highest BCUT2D eigenvalue weighted by atomic mass is 16.1. The largest absolute Gasteiger partial charge is 0.385 e. The van der Waals surface area contributed by atoms with E-state index in [1.165, 1.54) is 24.0 Å². The monoisotopic (exact) mass is 527 g/mol. The molecule has 1 saturated carbocycles. The summed E-state index contributed by atoms with van der Waals surface area (Å²) in [4.78, 5) is 12.8. The SMILES string of the molecule is C=C(NCCC)c1ccc2c(c1)CCc1cc(C(=O)NCC)ccc1C2(CC(NCC)C1CC1)c1nn[nH]n1. The third kappa shape index (κ3) is 5.35. The lowest BCUT2D eigenvalue weighted by atomic mass is 9.67. The minimum absolute atomic E-state index is 0.0451. The number of aromatic amines is 1. The summed E-state index contributed by atoms with van der Waals surface area (Å²) in [5.74, 6) is 1.27. The van der Waals surface area contributed by atoms with Crippen LogP contribution < -0.4 is 16.0 Å². The molecule has 0 saturated heterocycles. The highest BCUT2D eigenvalue weighted by molar-refractivity contribution is 5.94. The van der Waals surface area contributed by atoms with Crippen molar-refractivity contribution in [1.29, 1.82) is 0 Å². The maximum absolute atomic E-state index is 12.8. The number of rotatable bonds is 12. The molecule has 8 nitrogen and oxygen atoms in total. The van der Waals surface area contributed by atoms with E-state index in [0.717, 1.165) is 61.2 Å². The molecule has 0 spiro atoms. The molecule has 2 atom stereocenters. The molecule has 2 aromatic carbocycles. The Bertz CT molecular complexity index is 1310. The molecule has 1 amide bonds. The van der Waals surface area contributed by atoms with Gasteiger partial charge in [0.15, 0.2) is 5.82 Å². The van der Waals surface area contributed by atoms with Gasteiger partial charge in [-0.3, -0.25) is 4.79 Å². The van der Waals surface area contributed by atoms with Crippen LogP contribution in [0.4, 0.5) is 0 Å². The van der Waals surface area contributed by atoms with E-state index >= 15 is 0 Å². The van der Waals surface area contributed by atoms with Gasteiger partial charge in [0.2, 0.25) is 0 Å². The summed E-state index contributed by atoms with van der Waals surface area (Å²) in [5, 5.41) is 26.3. The lowest BCUT2D eigenvalue weighted by molar-refractivity contribution is 0.0955. The number of H-pyrrole nitrogens is 1. The molecule has 1 fully saturated rings. The zero-order valence-electron chi connectivity index (χ0n) is 23.4. The fourth-order valence-corrected chi connectivity index (χ4v) is 6.21. The predicted octanol–water partition coefficient (Wildman–Crippen LogP) is 4.13. The third-order valence-electron chi connectivity index (χ3n) is 8.24. The second kappa shape index (κ2) is 11.7. The number of hydrogen-bond donors (Lipinski definition) is 4. The summed E-state index contributed by atoms with van der Waals surface area (Å²) in [6, 6.07) is 13.2. The van der Waals surface area contributed by atoms with Crippen molar-refractivity contribution < 1.29 is 4.79 Å². The molecule has 2 unspecified atom stereocenters. The predicted molar refractivity (Wildman–Crippen MR) is 154 cm³/mol. The second-order valence-corrected chi connectivity index (χ2v) is 10.9. The topological polar surface area (TPSA) is 108 Å². The van der Waals surface area contributed by atoms with E-state index in [-0.39, 0.29) is 5.91 Å². The van der Waals surface area contributed by atoms with Crippen LogP contribution in [0.15, 0.2) is 43.0 Å². The number of hydrogen-bond acceptors (Lipinski definition) is 6. The Kier molecular flexibility index (Phi) is 8.12. The molecule has 1 aromatic heterocycles. The van der Waals surface area contributed by atoms with Crippen LogP contribution in [0.1, 0.15) is 90.5 Å². The highest BCUT2D eigenvalue weighted by Crippen LogP contribution is 2.49. The van der Waals surface area contributed by atoms with Crippen LogP contribution in [0.2, 0.25) is 0 Å². The molecule has 0 bridgehead atoms. The van der Waals surface area contributed by atoms with Gasteiger partial charge in [0.25, 0.3) is 5.91 Å². The van der Waals surface area contributed by atoms with E-state index in [0.29, 0.717) is 29.9 Å². The molecule has 206 valence electrons. The lowest BCUT2D eigenvalue weighted by Gasteiger charge is -2.37. The van der Waals surface area contributed by atoms with Crippen molar-refractivity contribution in [2.45, 2.75) is 70.8 Å². The molecule has 1 heterocycles. The van der Waals surface area contributed by atoms with Crippen molar-refractivity contribution in [3.8, 4) is 0 Å².